The van der Waals surface area contributed by atoms with Gasteiger partial charge >= 0.3 is 0 Å². The van der Waals surface area contributed by atoms with Crippen LogP contribution in [0.1, 0.15) is 33.3 Å². The third-order valence-electron chi connectivity index (χ3n) is 4.01. The van der Waals surface area contributed by atoms with Crippen LogP contribution in [0.3, 0.4) is 0 Å². The van der Waals surface area contributed by atoms with E-state index in [2.05, 4.69) is 49.8 Å². The average molecular weight is 348 g/mol. The number of hydrogen-bond acceptors (Lipinski definition) is 3. The van der Waals surface area contributed by atoms with Crippen LogP contribution >= 0.6 is 11.6 Å². The van der Waals surface area contributed by atoms with Crippen molar-refractivity contribution in [1.82, 2.24) is 9.88 Å². The third-order valence-corrected chi connectivity index (χ3v) is 4.32. The number of fused-ring (bicyclic) bond motifs is 1. The van der Waals surface area contributed by atoms with Gasteiger partial charge in [0.05, 0.1) is 10.5 Å². The van der Waals surface area contributed by atoms with Crippen LogP contribution in [0, 0.1) is 18.8 Å². The monoisotopic (exact) mass is 347 g/mol. The van der Waals surface area contributed by atoms with Gasteiger partial charge in [0, 0.05) is 43.4 Å². The minimum absolute atomic E-state index is 0.682. The molecule has 0 amide bonds. The second-order valence-electron chi connectivity index (χ2n) is 7.42. The van der Waals surface area contributed by atoms with Crippen LogP contribution in [0.5, 0.6) is 0 Å². The molecule has 0 fully saturated rings. The molecule has 3 nitrogen and oxygen atoms in total. The quantitative estimate of drug-likeness (QED) is 0.709. The van der Waals surface area contributed by atoms with Gasteiger partial charge in [-0.05, 0) is 36.5 Å². The van der Waals surface area contributed by atoms with Crippen molar-refractivity contribution in [2.45, 2.75) is 34.6 Å². The molecule has 0 bridgehead atoms. The highest BCUT2D eigenvalue weighted by atomic mass is 35.5. The molecule has 132 valence electrons. The van der Waals surface area contributed by atoms with Crippen molar-refractivity contribution < 1.29 is 0 Å². The van der Waals surface area contributed by atoms with Crippen molar-refractivity contribution >= 4 is 28.2 Å². The van der Waals surface area contributed by atoms with Gasteiger partial charge < -0.3 is 10.2 Å². The van der Waals surface area contributed by atoms with Gasteiger partial charge in [0.25, 0.3) is 0 Å². The van der Waals surface area contributed by atoms with Crippen LogP contribution in [0.25, 0.3) is 10.9 Å². The molecule has 2 aromatic rings. The SMILES string of the molecule is Cc1cnc2cccc(Cl)c2c1NCCN(CC(C)C)CC(C)C. The predicted octanol–water partition coefficient (Wildman–Crippen LogP) is 5.22. The standard InChI is InChI=1S/C20H30ClN3/c1-14(2)12-24(13-15(3)4)10-9-22-20-16(5)11-23-18-8-6-7-17(21)19(18)20/h6-8,11,14-15H,9-10,12-13H2,1-5H3,(H,22,23). The summed E-state index contributed by atoms with van der Waals surface area (Å²) in [6.45, 7) is 15.4. The molecule has 0 atom stereocenters. The molecule has 1 N–H and O–H groups in total. The van der Waals surface area contributed by atoms with Gasteiger partial charge in [-0.1, -0.05) is 45.4 Å². The van der Waals surface area contributed by atoms with Crippen LogP contribution < -0.4 is 5.32 Å². The van der Waals surface area contributed by atoms with E-state index in [9.17, 15) is 0 Å². The lowest BCUT2D eigenvalue weighted by molar-refractivity contribution is 0.227. The molecule has 24 heavy (non-hydrogen) atoms. The average Bonchev–Trinajstić information content (AvgIpc) is 2.48. The number of nitrogens with zero attached hydrogens (tertiary/aromatic N) is 2. The summed E-state index contributed by atoms with van der Waals surface area (Å²) < 4.78 is 0. The van der Waals surface area contributed by atoms with E-state index in [4.69, 9.17) is 11.6 Å². The maximum atomic E-state index is 6.42. The Morgan fingerprint density at radius 3 is 2.42 bits per heavy atom. The highest BCUT2D eigenvalue weighted by molar-refractivity contribution is 6.36. The Bertz CT molecular complexity index is 657. The van der Waals surface area contributed by atoms with Crippen molar-refractivity contribution in [3.8, 4) is 0 Å². The molecule has 0 aliphatic rings. The first-order valence-electron chi connectivity index (χ1n) is 8.88. The Morgan fingerprint density at radius 2 is 1.79 bits per heavy atom. The lowest BCUT2D eigenvalue weighted by Gasteiger charge is -2.26. The summed E-state index contributed by atoms with van der Waals surface area (Å²) in [5.74, 6) is 1.36. The number of pyridine rings is 1. The third kappa shape index (κ3) is 5.09. The highest BCUT2D eigenvalue weighted by Gasteiger charge is 2.12. The number of anilines is 1. The Hall–Kier alpha value is -1.32. The molecule has 0 unspecified atom stereocenters. The fraction of sp³-hybridized carbons (Fsp3) is 0.550. The van der Waals surface area contributed by atoms with Gasteiger partial charge in [0.1, 0.15) is 0 Å². The van der Waals surface area contributed by atoms with Gasteiger partial charge in [-0.25, -0.2) is 0 Å². The number of hydrogen-bond donors (Lipinski definition) is 1. The first-order valence-corrected chi connectivity index (χ1v) is 9.26. The molecule has 0 saturated heterocycles. The normalized spacial score (nSPS) is 11.9. The van der Waals surface area contributed by atoms with E-state index in [0.717, 1.165) is 53.4 Å². The molecule has 1 aromatic heterocycles. The topological polar surface area (TPSA) is 28.2 Å². The zero-order valence-corrected chi connectivity index (χ0v) is 16.3. The van der Waals surface area contributed by atoms with E-state index in [0.29, 0.717) is 11.8 Å². The Morgan fingerprint density at radius 1 is 1.12 bits per heavy atom. The number of halogens is 1. The van der Waals surface area contributed by atoms with E-state index in [1.165, 1.54) is 0 Å². The van der Waals surface area contributed by atoms with Crippen LogP contribution in [0.15, 0.2) is 24.4 Å². The molecule has 1 aromatic carbocycles. The molecule has 0 radical (unpaired) electrons. The smallest absolute Gasteiger partial charge is 0.0738 e. The lowest BCUT2D eigenvalue weighted by atomic mass is 10.1. The molecular formula is C20H30ClN3. The predicted molar refractivity (Wildman–Crippen MR) is 106 cm³/mol. The van der Waals surface area contributed by atoms with Crippen molar-refractivity contribution in [2.75, 3.05) is 31.5 Å². The summed E-state index contributed by atoms with van der Waals surface area (Å²) in [5.41, 5.74) is 3.19. The van der Waals surface area contributed by atoms with Gasteiger partial charge in [-0.2, -0.15) is 0 Å². The second-order valence-corrected chi connectivity index (χ2v) is 7.83. The number of aromatic nitrogens is 1. The molecule has 0 aliphatic heterocycles. The summed E-state index contributed by atoms with van der Waals surface area (Å²) in [6, 6.07) is 5.89. The van der Waals surface area contributed by atoms with E-state index >= 15 is 0 Å². The van der Waals surface area contributed by atoms with Crippen LogP contribution in [0.4, 0.5) is 5.69 Å². The zero-order chi connectivity index (χ0) is 17.7. The maximum Gasteiger partial charge on any atom is 0.0738 e. The Labute approximate surface area is 151 Å². The van der Waals surface area contributed by atoms with Crippen molar-refractivity contribution in [3.63, 3.8) is 0 Å². The number of nitrogens with one attached hydrogen (secondary N) is 1. The van der Waals surface area contributed by atoms with Gasteiger partial charge in [-0.15, -0.1) is 0 Å². The first kappa shape index (κ1) is 19.0. The van der Waals surface area contributed by atoms with Gasteiger partial charge in [0.15, 0.2) is 0 Å². The molecule has 0 aliphatic carbocycles. The second kappa shape index (κ2) is 8.68. The van der Waals surface area contributed by atoms with E-state index in [-0.39, 0.29) is 0 Å². The number of aryl methyl sites for hydroxylation is 1. The molecular weight excluding hydrogens is 318 g/mol. The van der Waals surface area contributed by atoms with Crippen LogP contribution in [-0.2, 0) is 0 Å². The summed E-state index contributed by atoms with van der Waals surface area (Å²) in [6.07, 6.45) is 1.92. The van der Waals surface area contributed by atoms with E-state index in [1.54, 1.807) is 0 Å². The largest absolute Gasteiger partial charge is 0.383 e. The van der Waals surface area contributed by atoms with Crippen molar-refractivity contribution in [1.29, 1.82) is 0 Å². The maximum absolute atomic E-state index is 6.42. The Kier molecular flexibility index (Phi) is 6.88. The minimum atomic E-state index is 0.682. The fourth-order valence-electron chi connectivity index (χ4n) is 3.15. The number of benzene rings is 1. The summed E-state index contributed by atoms with van der Waals surface area (Å²) in [5, 5.41) is 5.39. The van der Waals surface area contributed by atoms with Crippen molar-refractivity contribution in [3.05, 3.63) is 35.0 Å². The highest BCUT2D eigenvalue weighted by Crippen LogP contribution is 2.31. The minimum Gasteiger partial charge on any atom is -0.383 e. The van der Waals surface area contributed by atoms with Crippen molar-refractivity contribution in [2.24, 2.45) is 11.8 Å². The lowest BCUT2D eigenvalue weighted by Crippen LogP contribution is -2.35. The molecule has 0 saturated carbocycles. The summed E-state index contributed by atoms with van der Waals surface area (Å²) in [4.78, 5) is 7.03. The number of rotatable bonds is 8. The summed E-state index contributed by atoms with van der Waals surface area (Å²) >= 11 is 6.42. The zero-order valence-electron chi connectivity index (χ0n) is 15.6. The van der Waals surface area contributed by atoms with Crippen LogP contribution in [0.2, 0.25) is 5.02 Å². The molecule has 1 heterocycles. The van der Waals surface area contributed by atoms with Gasteiger partial charge in [-0.3, -0.25) is 4.98 Å². The molecule has 4 heteroatoms. The Balaban J connectivity index is 2.11. The fourth-order valence-corrected chi connectivity index (χ4v) is 3.42. The van der Waals surface area contributed by atoms with E-state index < -0.39 is 0 Å². The molecule has 0 spiro atoms. The van der Waals surface area contributed by atoms with Crippen LogP contribution in [-0.4, -0.2) is 36.1 Å². The summed E-state index contributed by atoms with van der Waals surface area (Å²) in [7, 11) is 0. The molecule has 2 rings (SSSR count). The first-order chi connectivity index (χ1) is 11.4. The van der Waals surface area contributed by atoms with E-state index in [1.807, 2.05) is 24.4 Å². The van der Waals surface area contributed by atoms with Gasteiger partial charge in [0.2, 0.25) is 0 Å².